The number of aryl methyl sites for hydroxylation is 1. The minimum atomic E-state index is 0. The van der Waals surface area contributed by atoms with Crippen LogP contribution >= 0.6 is 24.0 Å². The molecule has 86 valence electrons. The highest BCUT2D eigenvalue weighted by atomic mass is 35.5. The van der Waals surface area contributed by atoms with Crippen molar-refractivity contribution in [1.29, 1.82) is 0 Å². The molecule has 0 aliphatic carbocycles. The Morgan fingerprint density at radius 3 is 2.53 bits per heavy atom. The summed E-state index contributed by atoms with van der Waals surface area (Å²) in [6.07, 6.45) is 0.782. The Morgan fingerprint density at radius 2 is 2.07 bits per heavy atom. The number of ether oxygens (including phenoxy) is 1. The molecule has 0 saturated heterocycles. The fourth-order valence-corrected chi connectivity index (χ4v) is 1.90. The van der Waals surface area contributed by atoms with Crippen LogP contribution in [0.25, 0.3) is 0 Å². The zero-order chi connectivity index (χ0) is 10.7. The first-order chi connectivity index (χ1) is 6.54. The molecule has 0 saturated carbocycles. The van der Waals surface area contributed by atoms with Crippen molar-refractivity contribution in [3.8, 4) is 5.75 Å². The highest BCUT2D eigenvalue weighted by Crippen LogP contribution is 2.30. The van der Waals surface area contributed by atoms with Gasteiger partial charge in [0.15, 0.2) is 0 Å². The van der Waals surface area contributed by atoms with Crippen LogP contribution in [0.15, 0.2) is 12.1 Å². The first-order valence-electron chi connectivity index (χ1n) is 4.63. The lowest BCUT2D eigenvalue weighted by molar-refractivity contribution is 0.408. The number of hydrogen-bond donors (Lipinski definition) is 1. The second kappa shape index (κ2) is 6.21. The average Bonchev–Trinajstić information content (AvgIpc) is 2.01. The number of hydrogen-bond acceptors (Lipinski definition) is 2. The number of rotatable bonds is 3. The monoisotopic (exact) mass is 249 g/mol. The van der Waals surface area contributed by atoms with E-state index >= 15 is 0 Å². The molecule has 0 radical (unpaired) electrons. The van der Waals surface area contributed by atoms with Gasteiger partial charge in [0.1, 0.15) is 5.75 Å². The van der Waals surface area contributed by atoms with Crippen molar-refractivity contribution in [3.63, 3.8) is 0 Å². The molecule has 1 atom stereocenters. The molecule has 1 aromatic carbocycles. The summed E-state index contributed by atoms with van der Waals surface area (Å²) in [6.45, 7) is 3.98. The summed E-state index contributed by atoms with van der Waals surface area (Å²) in [5.74, 6) is 0.745. The Balaban J connectivity index is 0.00000196. The van der Waals surface area contributed by atoms with Gasteiger partial charge < -0.3 is 10.5 Å². The van der Waals surface area contributed by atoms with Gasteiger partial charge in [0.2, 0.25) is 0 Å². The minimum Gasteiger partial charge on any atom is -0.495 e. The Kier molecular flexibility index (Phi) is 6.03. The van der Waals surface area contributed by atoms with Gasteiger partial charge in [-0.1, -0.05) is 17.7 Å². The van der Waals surface area contributed by atoms with E-state index in [2.05, 4.69) is 6.07 Å². The Morgan fingerprint density at radius 1 is 1.47 bits per heavy atom. The molecule has 2 nitrogen and oxygen atoms in total. The van der Waals surface area contributed by atoms with Gasteiger partial charge in [-0.05, 0) is 37.5 Å². The van der Waals surface area contributed by atoms with E-state index in [-0.39, 0.29) is 18.4 Å². The van der Waals surface area contributed by atoms with Crippen LogP contribution in [-0.2, 0) is 6.42 Å². The summed E-state index contributed by atoms with van der Waals surface area (Å²) in [4.78, 5) is 0. The molecule has 1 aromatic rings. The maximum atomic E-state index is 6.05. The maximum absolute atomic E-state index is 6.05. The predicted octanol–water partition coefficient (Wildman–Crippen LogP) is 2.97. The van der Waals surface area contributed by atoms with Gasteiger partial charge in [-0.2, -0.15) is 0 Å². The molecule has 0 bridgehead atoms. The summed E-state index contributed by atoms with van der Waals surface area (Å²) in [7, 11) is 1.63. The third-order valence-electron chi connectivity index (χ3n) is 2.01. The Hall–Kier alpha value is -0.440. The van der Waals surface area contributed by atoms with Crippen molar-refractivity contribution < 1.29 is 4.74 Å². The maximum Gasteiger partial charge on any atom is 0.140 e. The van der Waals surface area contributed by atoms with E-state index in [4.69, 9.17) is 22.1 Å². The normalized spacial score (nSPS) is 11.8. The largest absolute Gasteiger partial charge is 0.495 e. The summed E-state index contributed by atoms with van der Waals surface area (Å²) in [5.41, 5.74) is 7.96. The Bertz CT molecular complexity index is 327. The lowest BCUT2D eigenvalue weighted by Crippen LogP contribution is -2.18. The van der Waals surface area contributed by atoms with Gasteiger partial charge >= 0.3 is 0 Å². The zero-order valence-electron chi connectivity index (χ0n) is 9.21. The van der Waals surface area contributed by atoms with Crippen LogP contribution in [-0.4, -0.2) is 13.2 Å². The van der Waals surface area contributed by atoms with Crippen LogP contribution in [0.3, 0.4) is 0 Å². The molecule has 4 heteroatoms. The highest BCUT2D eigenvalue weighted by Gasteiger charge is 2.10. The molecule has 1 unspecified atom stereocenters. The smallest absolute Gasteiger partial charge is 0.140 e. The van der Waals surface area contributed by atoms with Gasteiger partial charge in [0, 0.05) is 6.04 Å². The van der Waals surface area contributed by atoms with E-state index in [1.165, 1.54) is 0 Å². The summed E-state index contributed by atoms with van der Waals surface area (Å²) in [5, 5.41) is 0.656. The van der Waals surface area contributed by atoms with Crippen molar-refractivity contribution in [2.24, 2.45) is 5.73 Å². The van der Waals surface area contributed by atoms with E-state index < -0.39 is 0 Å². The van der Waals surface area contributed by atoms with Gasteiger partial charge in [-0.3, -0.25) is 0 Å². The fraction of sp³-hybridized carbons (Fsp3) is 0.455. The van der Waals surface area contributed by atoms with Crippen LogP contribution in [0, 0.1) is 6.92 Å². The Labute approximate surface area is 102 Å². The number of benzene rings is 1. The molecule has 0 aliphatic rings. The molecule has 0 aromatic heterocycles. The predicted molar refractivity (Wildman–Crippen MR) is 67.3 cm³/mol. The van der Waals surface area contributed by atoms with Crippen molar-refractivity contribution in [2.75, 3.05) is 7.11 Å². The number of nitrogens with two attached hydrogens (primary N) is 1. The van der Waals surface area contributed by atoms with Gasteiger partial charge in [-0.15, -0.1) is 12.4 Å². The fourth-order valence-electron chi connectivity index (χ4n) is 1.53. The molecule has 15 heavy (non-hydrogen) atoms. The van der Waals surface area contributed by atoms with Crippen molar-refractivity contribution >= 4 is 24.0 Å². The summed E-state index contributed by atoms with van der Waals surface area (Å²) in [6, 6.07) is 4.07. The molecule has 0 heterocycles. The van der Waals surface area contributed by atoms with Crippen LogP contribution < -0.4 is 10.5 Å². The van der Waals surface area contributed by atoms with Crippen LogP contribution in [0.5, 0.6) is 5.75 Å². The third kappa shape index (κ3) is 3.90. The van der Waals surface area contributed by atoms with E-state index in [0.29, 0.717) is 5.02 Å². The minimum absolute atomic E-state index is 0. The molecule has 0 amide bonds. The zero-order valence-corrected chi connectivity index (χ0v) is 10.8. The molecule has 0 fully saturated rings. The van der Waals surface area contributed by atoms with Crippen molar-refractivity contribution in [2.45, 2.75) is 26.3 Å². The molecule has 1 rings (SSSR count). The third-order valence-corrected chi connectivity index (χ3v) is 2.29. The van der Waals surface area contributed by atoms with Gasteiger partial charge in [0.05, 0.1) is 12.1 Å². The van der Waals surface area contributed by atoms with E-state index in [1.807, 2.05) is 19.9 Å². The molecular weight excluding hydrogens is 233 g/mol. The molecular formula is C11H17Cl2NO. The average molecular weight is 250 g/mol. The van der Waals surface area contributed by atoms with Crippen LogP contribution in [0.4, 0.5) is 0 Å². The SMILES string of the molecule is COc1c(Cl)cc(C)cc1CC(C)N.Cl. The van der Waals surface area contributed by atoms with Crippen LogP contribution in [0.1, 0.15) is 18.1 Å². The highest BCUT2D eigenvalue weighted by molar-refractivity contribution is 6.32. The van der Waals surface area contributed by atoms with Gasteiger partial charge in [0.25, 0.3) is 0 Å². The summed E-state index contributed by atoms with van der Waals surface area (Å²) >= 11 is 6.05. The first-order valence-corrected chi connectivity index (χ1v) is 5.01. The first kappa shape index (κ1) is 14.6. The second-order valence-electron chi connectivity index (χ2n) is 3.62. The molecule has 0 spiro atoms. The number of methoxy groups -OCH3 is 1. The van der Waals surface area contributed by atoms with E-state index in [0.717, 1.165) is 23.3 Å². The summed E-state index contributed by atoms with van der Waals surface area (Å²) < 4.78 is 5.24. The van der Waals surface area contributed by atoms with Crippen LogP contribution in [0.2, 0.25) is 5.02 Å². The topological polar surface area (TPSA) is 35.2 Å². The standard InChI is InChI=1S/C11H16ClNO.ClH/c1-7-4-9(6-8(2)13)11(14-3)10(12)5-7;/h4-5,8H,6,13H2,1-3H3;1H. The van der Waals surface area contributed by atoms with E-state index in [9.17, 15) is 0 Å². The quantitative estimate of drug-likeness (QED) is 0.895. The lowest BCUT2D eigenvalue weighted by Gasteiger charge is -2.13. The lowest BCUT2D eigenvalue weighted by atomic mass is 10.0. The van der Waals surface area contributed by atoms with Crippen molar-refractivity contribution in [3.05, 3.63) is 28.3 Å². The van der Waals surface area contributed by atoms with E-state index in [1.54, 1.807) is 7.11 Å². The molecule has 0 aliphatic heterocycles. The number of halogens is 2. The molecule has 2 N–H and O–H groups in total. The second-order valence-corrected chi connectivity index (χ2v) is 4.03. The van der Waals surface area contributed by atoms with Gasteiger partial charge in [-0.25, -0.2) is 0 Å². The van der Waals surface area contributed by atoms with Crippen molar-refractivity contribution in [1.82, 2.24) is 0 Å².